The Balaban J connectivity index is 1.62. The number of aromatic amines is 1. The SMILES string of the molecule is CC(=O)Nc1ccc(NC(=O)Cc2c(C)nc(SCc3cccc(Cl)c3)[nH]c2=O)cc1. The summed E-state index contributed by atoms with van der Waals surface area (Å²) in [5.74, 6) is 0.104. The normalized spacial score (nSPS) is 10.5. The van der Waals surface area contributed by atoms with E-state index in [0.29, 0.717) is 38.6 Å². The fourth-order valence-corrected chi connectivity index (χ4v) is 3.91. The third-order valence-corrected chi connectivity index (χ3v) is 5.47. The van der Waals surface area contributed by atoms with Crippen LogP contribution in [0.3, 0.4) is 0 Å². The summed E-state index contributed by atoms with van der Waals surface area (Å²) in [5, 5.41) is 6.54. The van der Waals surface area contributed by atoms with Gasteiger partial charge in [0.15, 0.2) is 5.16 Å². The van der Waals surface area contributed by atoms with Gasteiger partial charge in [0.1, 0.15) is 0 Å². The van der Waals surface area contributed by atoms with Crippen molar-refractivity contribution < 1.29 is 9.59 Å². The van der Waals surface area contributed by atoms with Crippen molar-refractivity contribution in [3.05, 3.63) is 80.7 Å². The van der Waals surface area contributed by atoms with Crippen molar-refractivity contribution in [1.82, 2.24) is 9.97 Å². The fourth-order valence-electron chi connectivity index (χ4n) is 2.85. The summed E-state index contributed by atoms with van der Waals surface area (Å²) in [6, 6.07) is 14.2. The lowest BCUT2D eigenvalue weighted by atomic mass is 10.1. The Kier molecular flexibility index (Phi) is 7.49. The zero-order valence-corrected chi connectivity index (χ0v) is 18.6. The van der Waals surface area contributed by atoms with E-state index in [1.165, 1.54) is 18.7 Å². The van der Waals surface area contributed by atoms with Crippen molar-refractivity contribution in [3.63, 3.8) is 0 Å². The molecule has 3 aromatic rings. The lowest BCUT2D eigenvalue weighted by Crippen LogP contribution is -2.23. The Morgan fingerprint density at radius 2 is 1.77 bits per heavy atom. The molecule has 9 heteroatoms. The molecular formula is C22H21ClN4O3S. The van der Waals surface area contributed by atoms with Crippen molar-refractivity contribution in [3.8, 4) is 0 Å². The average molecular weight is 457 g/mol. The summed E-state index contributed by atoms with van der Waals surface area (Å²) in [6.45, 7) is 3.13. The van der Waals surface area contributed by atoms with E-state index < -0.39 is 0 Å². The minimum Gasteiger partial charge on any atom is -0.326 e. The number of nitrogens with zero attached hydrogens (tertiary/aromatic N) is 1. The Morgan fingerprint density at radius 1 is 1.10 bits per heavy atom. The molecule has 0 bridgehead atoms. The van der Waals surface area contributed by atoms with Crippen LogP contribution in [0.2, 0.25) is 5.02 Å². The predicted octanol–water partition coefficient (Wildman–Crippen LogP) is 4.16. The van der Waals surface area contributed by atoms with Gasteiger partial charge in [-0.15, -0.1) is 0 Å². The summed E-state index contributed by atoms with van der Waals surface area (Å²) in [7, 11) is 0. The molecule has 0 aliphatic carbocycles. The van der Waals surface area contributed by atoms with E-state index in [0.717, 1.165) is 5.56 Å². The highest BCUT2D eigenvalue weighted by molar-refractivity contribution is 7.98. The van der Waals surface area contributed by atoms with Crippen LogP contribution in [0.1, 0.15) is 23.7 Å². The van der Waals surface area contributed by atoms with Gasteiger partial charge in [0.05, 0.1) is 6.42 Å². The van der Waals surface area contributed by atoms with Crippen LogP contribution in [0.4, 0.5) is 11.4 Å². The number of benzene rings is 2. The third kappa shape index (κ3) is 6.70. The second kappa shape index (κ2) is 10.3. The lowest BCUT2D eigenvalue weighted by Gasteiger charge is -2.09. The van der Waals surface area contributed by atoms with Gasteiger partial charge in [-0.25, -0.2) is 4.98 Å². The number of anilines is 2. The van der Waals surface area contributed by atoms with E-state index in [4.69, 9.17) is 11.6 Å². The molecule has 1 heterocycles. The van der Waals surface area contributed by atoms with Crippen LogP contribution in [-0.2, 0) is 21.8 Å². The number of halogens is 1. The van der Waals surface area contributed by atoms with E-state index >= 15 is 0 Å². The van der Waals surface area contributed by atoms with E-state index in [1.807, 2.05) is 18.2 Å². The Hall–Kier alpha value is -3.10. The number of rotatable bonds is 7. The molecule has 0 fully saturated rings. The van der Waals surface area contributed by atoms with Crippen molar-refractivity contribution in [2.75, 3.05) is 10.6 Å². The highest BCUT2D eigenvalue weighted by Crippen LogP contribution is 2.21. The quantitative estimate of drug-likeness (QED) is 0.365. The summed E-state index contributed by atoms with van der Waals surface area (Å²) >= 11 is 7.39. The molecule has 3 N–H and O–H groups in total. The molecule has 3 rings (SSSR count). The number of amides is 2. The highest BCUT2D eigenvalue weighted by Gasteiger charge is 2.13. The van der Waals surface area contributed by atoms with Gasteiger partial charge in [-0.3, -0.25) is 14.4 Å². The molecule has 0 unspecified atom stereocenters. The number of hydrogen-bond acceptors (Lipinski definition) is 5. The first kappa shape index (κ1) is 22.6. The minimum atomic E-state index is -0.336. The number of carbonyl (C=O) groups is 2. The molecule has 160 valence electrons. The molecule has 0 spiro atoms. The van der Waals surface area contributed by atoms with Gasteiger partial charge in [-0.1, -0.05) is 35.5 Å². The predicted molar refractivity (Wildman–Crippen MR) is 124 cm³/mol. The number of hydrogen-bond donors (Lipinski definition) is 3. The summed E-state index contributed by atoms with van der Waals surface area (Å²) < 4.78 is 0. The second-order valence-corrected chi connectivity index (χ2v) is 8.24. The van der Waals surface area contributed by atoms with E-state index in [2.05, 4.69) is 20.6 Å². The van der Waals surface area contributed by atoms with Crippen LogP contribution >= 0.6 is 23.4 Å². The number of nitrogens with one attached hydrogen (secondary N) is 3. The first-order valence-corrected chi connectivity index (χ1v) is 10.8. The van der Waals surface area contributed by atoms with Gasteiger partial charge in [-0.2, -0.15) is 0 Å². The van der Waals surface area contributed by atoms with Gasteiger partial charge < -0.3 is 15.6 Å². The Bertz CT molecular complexity index is 1160. The molecule has 0 saturated carbocycles. The topological polar surface area (TPSA) is 104 Å². The van der Waals surface area contributed by atoms with Crippen LogP contribution in [0, 0.1) is 6.92 Å². The lowest BCUT2D eigenvalue weighted by molar-refractivity contribution is -0.116. The third-order valence-electron chi connectivity index (χ3n) is 4.29. The molecule has 1 aromatic heterocycles. The van der Waals surface area contributed by atoms with Gasteiger partial charge in [0, 0.05) is 40.3 Å². The Labute approximate surface area is 188 Å². The van der Waals surface area contributed by atoms with Crippen molar-refractivity contribution >= 4 is 46.6 Å². The van der Waals surface area contributed by atoms with Crippen molar-refractivity contribution in [1.29, 1.82) is 0 Å². The fraction of sp³-hybridized carbons (Fsp3) is 0.182. The molecule has 2 aromatic carbocycles. The maximum Gasteiger partial charge on any atom is 0.255 e. The van der Waals surface area contributed by atoms with Crippen LogP contribution in [-0.4, -0.2) is 21.8 Å². The standard InChI is InChI=1S/C22H21ClN4O3S/c1-13-19(11-20(29)26-18-8-6-17(7-9-18)25-14(2)28)21(30)27-22(24-13)31-12-15-4-3-5-16(23)10-15/h3-10H,11-12H2,1-2H3,(H,25,28)(H,26,29)(H,24,27,30). The molecule has 0 radical (unpaired) electrons. The molecular weight excluding hydrogens is 436 g/mol. The Morgan fingerprint density at radius 3 is 2.39 bits per heavy atom. The molecule has 7 nitrogen and oxygen atoms in total. The first-order chi connectivity index (χ1) is 14.8. The molecule has 0 aliphatic heterocycles. The number of carbonyl (C=O) groups excluding carboxylic acids is 2. The molecule has 31 heavy (non-hydrogen) atoms. The number of H-pyrrole nitrogens is 1. The van der Waals surface area contributed by atoms with Crippen LogP contribution < -0.4 is 16.2 Å². The van der Waals surface area contributed by atoms with E-state index in [1.54, 1.807) is 37.3 Å². The van der Waals surface area contributed by atoms with Gasteiger partial charge in [0.2, 0.25) is 11.8 Å². The first-order valence-electron chi connectivity index (χ1n) is 9.44. The number of aromatic nitrogens is 2. The maximum absolute atomic E-state index is 12.5. The monoisotopic (exact) mass is 456 g/mol. The van der Waals surface area contributed by atoms with Gasteiger partial charge >= 0.3 is 0 Å². The molecule has 2 amide bonds. The molecule has 0 aliphatic rings. The second-order valence-electron chi connectivity index (χ2n) is 6.84. The van der Waals surface area contributed by atoms with E-state index in [-0.39, 0.29) is 23.8 Å². The maximum atomic E-state index is 12.5. The zero-order valence-electron chi connectivity index (χ0n) is 17.0. The van der Waals surface area contributed by atoms with Crippen molar-refractivity contribution in [2.45, 2.75) is 31.2 Å². The summed E-state index contributed by atoms with van der Waals surface area (Å²) in [5.41, 5.74) is 2.71. The average Bonchev–Trinajstić information content (AvgIpc) is 2.70. The largest absolute Gasteiger partial charge is 0.326 e. The number of aryl methyl sites for hydroxylation is 1. The van der Waals surface area contributed by atoms with Crippen LogP contribution in [0.5, 0.6) is 0 Å². The van der Waals surface area contributed by atoms with Crippen LogP contribution in [0.25, 0.3) is 0 Å². The molecule has 0 atom stereocenters. The number of thioether (sulfide) groups is 1. The highest BCUT2D eigenvalue weighted by atomic mass is 35.5. The summed E-state index contributed by atoms with van der Waals surface area (Å²) in [4.78, 5) is 43.1. The minimum absolute atomic E-state index is 0.0964. The zero-order chi connectivity index (χ0) is 22.4. The van der Waals surface area contributed by atoms with Crippen molar-refractivity contribution in [2.24, 2.45) is 0 Å². The van der Waals surface area contributed by atoms with Gasteiger partial charge in [0.25, 0.3) is 5.56 Å². The van der Waals surface area contributed by atoms with E-state index in [9.17, 15) is 14.4 Å². The molecule has 0 saturated heterocycles. The van der Waals surface area contributed by atoms with Crippen LogP contribution in [0.15, 0.2) is 58.5 Å². The summed E-state index contributed by atoms with van der Waals surface area (Å²) in [6.07, 6.45) is -0.0964. The smallest absolute Gasteiger partial charge is 0.255 e. The van der Waals surface area contributed by atoms with Gasteiger partial charge in [-0.05, 0) is 48.9 Å².